The molecular formula is C11H13BrN2O2S. The zero-order valence-electron chi connectivity index (χ0n) is 9.40. The van der Waals surface area contributed by atoms with Gasteiger partial charge in [-0.05, 0) is 24.6 Å². The molecule has 1 N–H and O–H groups in total. The van der Waals surface area contributed by atoms with E-state index in [0.29, 0.717) is 17.1 Å². The molecule has 1 atom stereocenters. The first kappa shape index (κ1) is 12.6. The third-order valence-electron chi connectivity index (χ3n) is 2.51. The number of anilines is 1. The molecule has 1 aromatic rings. The van der Waals surface area contributed by atoms with Gasteiger partial charge in [-0.2, -0.15) is 0 Å². The number of urea groups is 1. The van der Waals surface area contributed by atoms with Crippen molar-refractivity contribution in [3.05, 3.63) is 22.7 Å². The van der Waals surface area contributed by atoms with E-state index in [0.717, 1.165) is 17.3 Å². The van der Waals surface area contributed by atoms with Crippen molar-refractivity contribution in [2.45, 2.75) is 24.7 Å². The Labute approximate surface area is 111 Å². The highest BCUT2D eigenvalue weighted by Gasteiger charge is 2.29. The Morgan fingerprint density at radius 1 is 1.47 bits per heavy atom. The van der Waals surface area contributed by atoms with Gasteiger partial charge >= 0.3 is 6.03 Å². The second kappa shape index (κ2) is 5.18. The minimum atomic E-state index is -1.40. The van der Waals surface area contributed by atoms with Crippen LogP contribution >= 0.6 is 15.9 Å². The lowest BCUT2D eigenvalue weighted by Crippen LogP contribution is -2.41. The smallest absolute Gasteiger partial charge is 0.306 e. The van der Waals surface area contributed by atoms with E-state index in [4.69, 9.17) is 0 Å². The lowest BCUT2D eigenvalue weighted by atomic mass is 10.3. The molecule has 6 heteroatoms. The van der Waals surface area contributed by atoms with Crippen molar-refractivity contribution in [3.8, 4) is 0 Å². The Morgan fingerprint density at radius 3 is 2.94 bits per heavy atom. The van der Waals surface area contributed by atoms with E-state index in [1.807, 2.05) is 13.0 Å². The molecule has 0 radical (unpaired) electrons. The Morgan fingerprint density at radius 2 is 2.24 bits per heavy atom. The summed E-state index contributed by atoms with van der Waals surface area (Å²) in [6.45, 7) is 2.55. The number of nitrogens with zero attached hydrogens (tertiary/aromatic N) is 1. The van der Waals surface area contributed by atoms with E-state index in [9.17, 15) is 9.00 Å². The number of unbranched alkanes of at least 4 members (excludes halogenated alkanes) is 1. The summed E-state index contributed by atoms with van der Waals surface area (Å²) in [5.41, 5.74) is 0.629. The normalized spacial score (nSPS) is 18.8. The van der Waals surface area contributed by atoms with Crippen molar-refractivity contribution < 1.29 is 9.00 Å². The molecule has 0 saturated carbocycles. The van der Waals surface area contributed by atoms with E-state index < -0.39 is 11.0 Å². The summed E-state index contributed by atoms with van der Waals surface area (Å²) in [5.74, 6) is 0. The summed E-state index contributed by atoms with van der Waals surface area (Å²) in [7, 11) is -1.40. The summed E-state index contributed by atoms with van der Waals surface area (Å²) < 4.78 is 14.5. The fraction of sp³-hybridized carbons (Fsp3) is 0.364. The summed E-state index contributed by atoms with van der Waals surface area (Å²) in [6, 6.07) is 5.07. The van der Waals surface area contributed by atoms with Gasteiger partial charge in [0, 0.05) is 11.0 Å². The molecule has 4 nitrogen and oxygen atoms in total. The fourth-order valence-electron chi connectivity index (χ4n) is 1.60. The Bertz CT molecular complexity index is 479. The fourth-order valence-corrected chi connectivity index (χ4v) is 3.38. The van der Waals surface area contributed by atoms with Gasteiger partial charge in [0.25, 0.3) is 0 Å². The standard InChI is InChI=1S/C11H13BrN2O2S/c1-2-3-6-14-11(15)13-9-5-4-8(12)7-10(9)17(14)16/h4-5,7H,2-3,6H2,1H3,(H,13,15). The van der Waals surface area contributed by atoms with Crippen LogP contribution in [0.1, 0.15) is 19.8 Å². The Balaban J connectivity index is 2.32. The van der Waals surface area contributed by atoms with E-state index in [1.54, 1.807) is 12.1 Å². The number of rotatable bonds is 3. The predicted octanol–water partition coefficient (Wildman–Crippen LogP) is 3.12. The van der Waals surface area contributed by atoms with Crippen LogP contribution < -0.4 is 5.32 Å². The van der Waals surface area contributed by atoms with Crippen molar-refractivity contribution in [3.63, 3.8) is 0 Å². The van der Waals surface area contributed by atoms with Crippen LogP contribution in [0, 0.1) is 0 Å². The van der Waals surface area contributed by atoms with Crippen LogP contribution in [0.25, 0.3) is 0 Å². The maximum atomic E-state index is 12.2. The van der Waals surface area contributed by atoms with E-state index in [1.165, 1.54) is 4.31 Å². The monoisotopic (exact) mass is 316 g/mol. The van der Waals surface area contributed by atoms with Crippen LogP contribution in [0.5, 0.6) is 0 Å². The second-order valence-electron chi connectivity index (χ2n) is 3.78. The third-order valence-corrected chi connectivity index (χ3v) is 4.47. The molecule has 92 valence electrons. The molecule has 17 heavy (non-hydrogen) atoms. The maximum Gasteiger partial charge on any atom is 0.334 e. The van der Waals surface area contributed by atoms with Crippen LogP contribution in [0.3, 0.4) is 0 Å². The highest BCUT2D eigenvalue weighted by atomic mass is 79.9. The Hall–Kier alpha value is -0.880. The topological polar surface area (TPSA) is 49.4 Å². The van der Waals surface area contributed by atoms with Crippen molar-refractivity contribution in [2.24, 2.45) is 0 Å². The number of hydrogen-bond acceptors (Lipinski definition) is 2. The van der Waals surface area contributed by atoms with Gasteiger partial charge in [0.2, 0.25) is 0 Å². The second-order valence-corrected chi connectivity index (χ2v) is 6.07. The number of nitrogens with one attached hydrogen (secondary N) is 1. The van der Waals surface area contributed by atoms with Crippen molar-refractivity contribution in [1.29, 1.82) is 0 Å². The summed E-state index contributed by atoms with van der Waals surface area (Å²) in [6.07, 6.45) is 1.81. The van der Waals surface area contributed by atoms with Crippen molar-refractivity contribution in [1.82, 2.24) is 4.31 Å². The summed E-state index contributed by atoms with van der Waals surface area (Å²) >= 11 is 3.34. The highest BCUT2D eigenvalue weighted by molar-refractivity contribution is 9.10. The number of amides is 2. The highest BCUT2D eigenvalue weighted by Crippen LogP contribution is 2.29. The van der Waals surface area contributed by atoms with Gasteiger partial charge < -0.3 is 5.32 Å². The average Bonchev–Trinajstić information content (AvgIpc) is 2.30. The van der Waals surface area contributed by atoms with Gasteiger partial charge in [0.15, 0.2) is 11.0 Å². The number of hydrogen-bond donors (Lipinski definition) is 1. The molecule has 1 aliphatic heterocycles. The molecule has 0 saturated heterocycles. The quantitative estimate of drug-likeness (QED) is 0.931. The molecule has 1 heterocycles. The van der Waals surface area contributed by atoms with Crippen LogP contribution in [0.4, 0.5) is 10.5 Å². The lowest BCUT2D eigenvalue weighted by molar-refractivity contribution is 0.236. The minimum Gasteiger partial charge on any atom is -0.306 e. The molecule has 0 spiro atoms. The SMILES string of the molecule is CCCCN1C(=O)Nc2ccc(Br)cc2S1=O. The molecule has 1 unspecified atom stereocenters. The van der Waals surface area contributed by atoms with Gasteiger partial charge in [-0.15, -0.1) is 0 Å². The van der Waals surface area contributed by atoms with Gasteiger partial charge in [-0.3, -0.25) is 0 Å². The number of fused-ring (bicyclic) bond motifs is 1. The molecule has 0 fully saturated rings. The number of halogens is 1. The molecule has 0 aliphatic carbocycles. The van der Waals surface area contributed by atoms with Gasteiger partial charge in [0.05, 0.1) is 10.6 Å². The molecule has 1 aliphatic rings. The van der Waals surface area contributed by atoms with E-state index >= 15 is 0 Å². The first-order valence-electron chi connectivity index (χ1n) is 5.43. The van der Waals surface area contributed by atoms with Crippen molar-refractivity contribution >= 4 is 38.6 Å². The summed E-state index contributed by atoms with van der Waals surface area (Å²) in [4.78, 5) is 12.4. The van der Waals surface area contributed by atoms with E-state index in [-0.39, 0.29) is 6.03 Å². The molecule has 1 aromatic carbocycles. The zero-order valence-corrected chi connectivity index (χ0v) is 11.8. The minimum absolute atomic E-state index is 0.286. The summed E-state index contributed by atoms with van der Waals surface area (Å²) in [5, 5.41) is 2.75. The number of carbonyl (C=O) groups is 1. The lowest BCUT2D eigenvalue weighted by Gasteiger charge is -2.27. The van der Waals surface area contributed by atoms with Crippen LogP contribution in [0.15, 0.2) is 27.6 Å². The maximum absolute atomic E-state index is 12.2. The first-order valence-corrected chi connectivity index (χ1v) is 7.33. The van der Waals surface area contributed by atoms with Crippen LogP contribution in [-0.4, -0.2) is 21.1 Å². The molecular weight excluding hydrogens is 304 g/mol. The Kier molecular flexibility index (Phi) is 3.83. The first-order chi connectivity index (χ1) is 8.13. The van der Waals surface area contributed by atoms with Gasteiger partial charge in [-0.1, -0.05) is 29.3 Å². The predicted molar refractivity (Wildman–Crippen MR) is 71.2 cm³/mol. The number of benzene rings is 1. The van der Waals surface area contributed by atoms with Gasteiger partial charge in [-0.25, -0.2) is 13.3 Å². The average molecular weight is 317 g/mol. The van der Waals surface area contributed by atoms with Crippen LogP contribution in [-0.2, 0) is 11.0 Å². The van der Waals surface area contributed by atoms with E-state index in [2.05, 4.69) is 21.2 Å². The third kappa shape index (κ3) is 2.52. The molecule has 0 aromatic heterocycles. The van der Waals surface area contributed by atoms with Crippen LogP contribution in [0.2, 0.25) is 0 Å². The molecule has 0 bridgehead atoms. The molecule has 2 rings (SSSR count). The zero-order chi connectivity index (χ0) is 12.4. The van der Waals surface area contributed by atoms with Crippen molar-refractivity contribution in [2.75, 3.05) is 11.9 Å². The van der Waals surface area contributed by atoms with Gasteiger partial charge in [0.1, 0.15) is 0 Å². The largest absolute Gasteiger partial charge is 0.334 e. The molecule has 2 amide bonds. The number of carbonyl (C=O) groups excluding carboxylic acids is 1.